The maximum absolute atomic E-state index is 11.5. The number of hydroxylamine groups is 4. The number of hydrogen-bond donors (Lipinski definition) is 0. The topological polar surface area (TPSA) is 102 Å². The SMILES string of the molecule is O=C(ON1COCCCC1=O)ON1C(=O)CCC1=O. The van der Waals surface area contributed by atoms with Gasteiger partial charge in [0.25, 0.3) is 17.7 Å². The summed E-state index contributed by atoms with van der Waals surface area (Å²) >= 11 is 0. The first-order chi connectivity index (χ1) is 9.08. The lowest BCUT2D eigenvalue weighted by molar-refractivity contribution is -0.211. The quantitative estimate of drug-likeness (QED) is 0.636. The molecule has 0 aromatic heterocycles. The predicted octanol–water partition coefficient (Wildman–Crippen LogP) is -0.285. The van der Waals surface area contributed by atoms with Gasteiger partial charge in [0.2, 0.25) is 0 Å². The molecule has 0 atom stereocenters. The molecule has 0 aliphatic carbocycles. The zero-order chi connectivity index (χ0) is 13.8. The second-order valence-electron chi connectivity index (χ2n) is 3.93. The minimum atomic E-state index is -1.33. The van der Waals surface area contributed by atoms with Gasteiger partial charge in [-0.2, -0.15) is 4.79 Å². The Morgan fingerprint density at radius 3 is 2.37 bits per heavy atom. The molecule has 0 spiro atoms. The van der Waals surface area contributed by atoms with Crippen molar-refractivity contribution in [3.63, 3.8) is 0 Å². The average Bonchev–Trinajstić information content (AvgIpc) is 2.57. The van der Waals surface area contributed by atoms with Gasteiger partial charge in [0.1, 0.15) is 0 Å². The summed E-state index contributed by atoms with van der Waals surface area (Å²) in [5.41, 5.74) is 0. The molecule has 0 saturated carbocycles. The number of carbonyl (C=O) groups is 4. The number of amides is 3. The summed E-state index contributed by atoms with van der Waals surface area (Å²) in [5.74, 6) is -1.69. The zero-order valence-electron chi connectivity index (χ0n) is 9.99. The lowest BCUT2D eigenvalue weighted by Crippen LogP contribution is -2.38. The molecule has 2 heterocycles. The Bertz CT molecular complexity index is 406. The van der Waals surface area contributed by atoms with Crippen molar-refractivity contribution in [3.05, 3.63) is 0 Å². The van der Waals surface area contributed by atoms with Crippen LogP contribution in [-0.4, -0.2) is 47.3 Å². The molecule has 2 saturated heterocycles. The van der Waals surface area contributed by atoms with Crippen molar-refractivity contribution in [2.75, 3.05) is 13.3 Å². The monoisotopic (exact) mass is 272 g/mol. The summed E-state index contributed by atoms with van der Waals surface area (Å²) < 4.78 is 5.02. The van der Waals surface area contributed by atoms with Crippen LogP contribution in [0.2, 0.25) is 0 Å². The number of imide groups is 1. The molecule has 0 aromatic rings. The largest absolute Gasteiger partial charge is 0.559 e. The molecular weight excluding hydrogens is 260 g/mol. The molecule has 0 bridgehead atoms. The third kappa shape index (κ3) is 3.19. The van der Waals surface area contributed by atoms with Gasteiger partial charge in [-0.3, -0.25) is 24.1 Å². The lowest BCUT2D eigenvalue weighted by Gasteiger charge is -2.19. The van der Waals surface area contributed by atoms with Gasteiger partial charge in [0.15, 0.2) is 6.73 Å². The lowest BCUT2D eigenvalue weighted by atomic mass is 10.3. The maximum atomic E-state index is 11.5. The molecule has 2 aliphatic heterocycles. The van der Waals surface area contributed by atoms with E-state index in [2.05, 4.69) is 9.68 Å². The summed E-state index contributed by atoms with van der Waals surface area (Å²) in [5, 5.41) is 1.03. The van der Waals surface area contributed by atoms with Crippen LogP contribution in [0.1, 0.15) is 25.7 Å². The number of rotatable bonds is 2. The molecule has 2 fully saturated rings. The minimum absolute atomic E-state index is 0.0160. The number of ether oxygens (including phenoxy) is 1. The van der Waals surface area contributed by atoms with E-state index < -0.39 is 23.9 Å². The van der Waals surface area contributed by atoms with Crippen molar-refractivity contribution in [1.29, 1.82) is 0 Å². The van der Waals surface area contributed by atoms with Gasteiger partial charge in [-0.05, 0) is 6.42 Å². The minimum Gasteiger partial charge on any atom is -0.358 e. The highest BCUT2D eigenvalue weighted by atomic mass is 16.9. The predicted molar refractivity (Wildman–Crippen MR) is 55.6 cm³/mol. The van der Waals surface area contributed by atoms with Gasteiger partial charge in [0, 0.05) is 25.9 Å². The van der Waals surface area contributed by atoms with Crippen molar-refractivity contribution >= 4 is 23.9 Å². The Kier molecular flexibility index (Phi) is 3.95. The Hall–Kier alpha value is -2.16. The average molecular weight is 272 g/mol. The van der Waals surface area contributed by atoms with Crippen molar-refractivity contribution in [2.24, 2.45) is 0 Å². The molecule has 0 aromatic carbocycles. The van der Waals surface area contributed by atoms with Crippen molar-refractivity contribution in [1.82, 2.24) is 10.1 Å². The van der Waals surface area contributed by atoms with Crippen molar-refractivity contribution < 1.29 is 33.6 Å². The van der Waals surface area contributed by atoms with Crippen LogP contribution >= 0.6 is 0 Å². The van der Waals surface area contributed by atoms with Crippen LogP contribution in [0, 0.1) is 0 Å². The van der Waals surface area contributed by atoms with Gasteiger partial charge >= 0.3 is 6.16 Å². The van der Waals surface area contributed by atoms with Gasteiger partial charge in [-0.1, -0.05) is 5.06 Å². The van der Waals surface area contributed by atoms with E-state index >= 15 is 0 Å². The fourth-order valence-electron chi connectivity index (χ4n) is 1.59. The van der Waals surface area contributed by atoms with E-state index in [1.54, 1.807) is 0 Å². The van der Waals surface area contributed by atoms with Crippen LogP contribution in [0.15, 0.2) is 0 Å². The Morgan fingerprint density at radius 2 is 1.68 bits per heavy atom. The Labute approximate surface area is 107 Å². The van der Waals surface area contributed by atoms with E-state index in [-0.39, 0.29) is 26.0 Å². The highest BCUT2D eigenvalue weighted by molar-refractivity contribution is 6.01. The third-order valence-corrected chi connectivity index (χ3v) is 2.52. The Balaban J connectivity index is 1.88. The molecule has 0 N–H and O–H groups in total. The maximum Gasteiger partial charge on any atom is 0.559 e. The van der Waals surface area contributed by atoms with Crippen LogP contribution in [0.25, 0.3) is 0 Å². The summed E-state index contributed by atoms with van der Waals surface area (Å²) in [7, 11) is 0. The number of carbonyl (C=O) groups excluding carboxylic acids is 4. The van der Waals surface area contributed by atoms with Crippen molar-refractivity contribution in [3.8, 4) is 0 Å². The first-order valence-corrected chi connectivity index (χ1v) is 5.71. The zero-order valence-corrected chi connectivity index (χ0v) is 9.99. The second kappa shape index (κ2) is 5.65. The summed E-state index contributed by atoms with van der Waals surface area (Å²) in [6, 6.07) is 0. The van der Waals surface area contributed by atoms with E-state index in [9.17, 15) is 19.2 Å². The normalized spacial score (nSPS) is 20.5. The van der Waals surface area contributed by atoms with E-state index in [0.29, 0.717) is 23.2 Å². The highest BCUT2D eigenvalue weighted by Gasteiger charge is 2.34. The van der Waals surface area contributed by atoms with Crippen LogP contribution in [0.5, 0.6) is 0 Å². The third-order valence-electron chi connectivity index (χ3n) is 2.52. The van der Waals surface area contributed by atoms with Crippen molar-refractivity contribution in [2.45, 2.75) is 25.7 Å². The molecule has 2 rings (SSSR count). The van der Waals surface area contributed by atoms with E-state index in [0.717, 1.165) is 0 Å². The first kappa shape index (κ1) is 13.3. The highest BCUT2D eigenvalue weighted by Crippen LogP contribution is 2.13. The molecule has 19 heavy (non-hydrogen) atoms. The first-order valence-electron chi connectivity index (χ1n) is 5.71. The Morgan fingerprint density at radius 1 is 1.00 bits per heavy atom. The molecule has 0 unspecified atom stereocenters. The fourth-order valence-corrected chi connectivity index (χ4v) is 1.59. The van der Waals surface area contributed by atoms with Gasteiger partial charge in [0.05, 0.1) is 0 Å². The van der Waals surface area contributed by atoms with E-state index in [1.807, 2.05) is 0 Å². The second-order valence-corrected chi connectivity index (χ2v) is 3.93. The van der Waals surface area contributed by atoms with Crippen LogP contribution in [0.4, 0.5) is 4.79 Å². The molecule has 0 radical (unpaired) electrons. The molecule has 2 aliphatic rings. The molecular formula is C10H12N2O7. The van der Waals surface area contributed by atoms with Crippen LogP contribution < -0.4 is 0 Å². The van der Waals surface area contributed by atoms with Gasteiger partial charge < -0.3 is 4.74 Å². The van der Waals surface area contributed by atoms with E-state index in [1.165, 1.54) is 0 Å². The van der Waals surface area contributed by atoms with E-state index in [4.69, 9.17) is 4.74 Å². The fraction of sp³-hybridized carbons (Fsp3) is 0.600. The smallest absolute Gasteiger partial charge is 0.358 e. The summed E-state index contributed by atoms with van der Waals surface area (Å²) in [6.07, 6.45) is -0.663. The standard InChI is InChI=1S/C10H12N2O7/c13-7-2-1-5-17-6-11(7)18-10(16)19-12-8(14)3-4-9(12)15/h1-6H2. The van der Waals surface area contributed by atoms with Gasteiger partial charge in [-0.15, -0.1) is 5.06 Å². The summed E-state index contributed by atoms with van der Waals surface area (Å²) in [4.78, 5) is 54.3. The summed E-state index contributed by atoms with van der Waals surface area (Å²) in [6.45, 7) is 0.166. The van der Waals surface area contributed by atoms with Crippen LogP contribution in [0.3, 0.4) is 0 Å². The molecule has 3 amide bonds. The molecule has 9 nitrogen and oxygen atoms in total. The molecule has 104 valence electrons. The number of nitrogens with zero attached hydrogens (tertiary/aromatic N) is 2. The number of hydrogen-bond acceptors (Lipinski definition) is 7. The molecule has 9 heteroatoms. The van der Waals surface area contributed by atoms with Gasteiger partial charge in [-0.25, -0.2) is 0 Å². The van der Waals surface area contributed by atoms with Crippen LogP contribution in [-0.2, 0) is 28.8 Å².